The van der Waals surface area contributed by atoms with Crippen LogP contribution in [0.5, 0.6) is 0 Å². The average Bonchev–Trinajstić information content (AvgIpc) is 2.74. The van der Waals surface area contributed by atoms with Gasteiger partial charge in [-0.1, -0.05) is 41.9 Å². The van der Waals surface area contributed by atoms with Crippen LogP contribution in [0.25, 0.3) is 0 Å². The third-order valence-corrected chi connectivity index (χ3v) is 5.25. The standard InChI is InChI=1S/C21H24ClFN4O2/c22-17-6-2-1-5-16(17)15-25-21(29)20(28)24-9-10-26-11-13-27(14-12-26)19-8-4-3-7-18(19)23/h1-8H,9-15H2,(H,24,28)(H,25,29). The van der Waals surface area contributed by atoms with Gasteiger partial charge >= 0.3 is 11.8 Å². The van der Waals surface area contributed by atoms with E-state index in [9.17, 15) is 14.0 Å². The van der Waals surface area contributed by atoms with Gasteiger partial charge in [0.1, 0.15) is 5.82 Å². The summed E-state index contributed by atoms with van der Waals surface area (Å²) >= 11 is 6.03. The van der Waals surface area contributed by atoms with Gasteiger partial charge < -0.3 is 15.5 Å². The fraction of sp³-hybridized carbons (Fsp3) is 0.333. The summed E-state index contributed by atoms with van der Waals surface area (Å²) in [6.07, 6.45) is 0. The van der Waals surface area contributed by atoms with Crippen molar-refractivity contribution in [3.63, 3.8) is 0 Å². The zero-order chi connectivity index (χ0) is 20.6. The highest BCUT2D eigenvalue weighted by Crippen LogP contribution is 2.20. The van der Waals surface area contributed by atoms with E-state index in [0.29, 0.717) is 36.9 Å². The first-order chi connectivity index (χ1) is 14.0. The van der Waals surface area contributed by atoms with Gasteiger partial charge in [-0.05, 0) is 23.8 Å². The minimum absolute atomic E-state index is 0.198. The normalized spacial score (nSPS) is 14.5. The van der Waals surface area contributed by atoms with Crippen molar-refractivity contribution in [3.05, 3.63) is 64.9 Å². The molecule has 6 nitrogen and oxygen atoms in total. The van der Waals surface area contributed by atoms with Crippen molar-refractivity contribution in [2.45, 2.75) is 6.54 Å². The molecule has 2 N–H and O–H groups in total. The van der Waals surface area contributed by atoms with Crippen LogP contribution in [0.15, 0.2) is 48.5 Å². The highest BCUT2D eigenvalue weighted by atomic mass is 35.5. The zero-order valence-corrected chi connectivity index (χ0v) is 16.8. The monoisotopic (exact) mass is 418 g/mol. The molecule has 8 heteroatoms. The van der Waals surface area contributed by atoms with E-state index in [1.54, 1.807) is 30.3 Å². The second-order valence-electron chi connectivity index (χ2n) is 6.81. The minimum atomic E-state index is -0.686. The summed E-state index contributed by atoms with van der Waals surface area (Å²) < 4.78 is 13.9. The van der Waals surface area contributed by atoms with Crippen molar-refractivity contribution < 1.29 is 14.0 Å². The van der Waals surface area contributed by atoms with Crippen molar-refractivity contribution in [3.8, 4) is 0 Å². The molecule has 3 rings (SSSR count). The van der Waals surface area contributed by atoms with E-state index in [1.807, 2.05) is 17.0 Å². The number of anilines is 1. The molecule has 0 aromatic heterocycles. The van der Waals surface area contributed by atoms with Crippen LogP contribution in [0, 0.1) is 5.82 Å². The highest BCUT2D eigenvalue weighted by Gasteiger charge is 2.19. The number of carbonyl (C=O) groups is 2. The van der Waals surface area contributed by atoms with Crippen LogP contribution in [0.3, 0.4) is 0 Å². The maximum Gasteiger partial charge on any atom is 0.309 e. The number of halogens is 2. The Morgan fingerprint density at radius 3 is 2.31 bits per heavy atom. The Balaban J connectivity index is 1.35. The summed E-state index contributed by atoms with van der Waals surface area (Å²) in [7, 11) is 0. The Hall–Kier alpha value is -2.64. The van der Waals surface area contributed by atoms with E-state index >= 15 is 0 Å². The van der Waals surface area contributed by atoms with Gasteiger partial charge in [0.05, 0.1) is 5.69 Å². The van der Waals surface area contributed by atoms with Crippen LogP contribution in [0.4, 0.5) is 10.1 Å². The molecular weight excluding hydrogens is 395 g/mol. The summed E-state index contributed by atoms with van der Waals surface area (Å²) in [5.74, 6) is -1.56. The van der Waals surface area contributed by atoms with Crippen LogP contribution >= 0.6 is 11.6 Å². The predicted octanol–water partition coefficient (Wildman–Crippen LogP) is 2.03. The third kappa shape index (κ3) is 5.92. The molecule has 0 bridgehead atoms. The lowest BCUT2D eigenvalue weighted by molar-refractivity contribution is -0.139. The molecule has 0 radical (unpaired) electrons. The molecular formula is C21H24ClFN4O2. The van der Waals surface area contributed by atoms with Gasteiger partial charge in [-0.2, -0.15) is 0 Å². The number of nitrogens with one attached hydrogen (secondary N) is 2. The maximum atomic E-state index is 13.9. The Bertz CT molecular complexity index is 856. The fourth-order valence-electron chi connectivity index (χ4n) is 3.23. The third-order valence-electron chi connectivity index (χ3n) is 4.88. The van der Waals surface area contributed by atoms with Gasteiger partial charge in [-0.15, -0.1) is 0 Å². The first-order valence-electron chi connectivity index (χ1n) is 9.56. The van der Waals surface area contributed by atoms with E-state index in [2.05, 4.69) is 15.5 Å². The minimum Gasteiger partial charge on any atom is -0.367 e. The van der Waals surface area contributed by atoms with Crippen molar-refractivity contribution >= 4 is 29.1 Å². The molecule has 0 aliphatic carbocycles. The number of piperazine rings is 1. The Labute approximate surface area is 174 Å². The van der Waals surface area contributed by atoms with E-state index < -0.39 is 11.8 Å². The number of amides is 2. The molecule has 0 atom stereocenters. The van der Waals surface area contributed by atoms with Crippen molar-refractivity contribution in [1.82, 2.24) is 15.5 Å². The van der Waals surface area contributed by atoms with Crippen molar-refractivity contribution in [1.29, 1.82) is 0 Å². The van der Waals surface area contributed by atoms with Crippen LogP contribution < -0.4 is 15.5 Å². The molecule has 1 heterocycles. The molecule has 2 amide bonds. The topological polar surface area (TPSA) is 64.7 Å². The van der Waals surface area contributed by atoms with Crippen LogP contribution in [0.1, 0.15) is 5.56 Å². The second-order valence-corrected chi connectivity index (χ2v) is 7.22. The summed E-state index contributed by atoms with van der Waals surface area (Å²) in [6, 6.07) is 13.9. The lowest BCUT2D eigenvalue weighted by atomic mass is 10.2. The molecule has 0 saturated carbocycles. The SMILES string of the molecule is O=C(NCCN1CCN(c2ccccc2F)CC1)C(=O)NCc1ccccc1Cl. The number of carbonyl (C=O) groups excluding carboxylic acids is 2. The molecule has 29 heavy (non-hydrogen) atoms. The molecule has 2 aromatic carbocycles. The first-order valence-corrected chi connectivity index (χ1v) is 9.93. The summed E-state index contributed by atoms with van der Waals surface area (Å²) in [5.41, 5.74) is 1.37. The van der Waals surface area contributed by atoms with Crippen LogP contribution in [0.2, 0.25) is 5.02 Å². The number of para-hydroxylation sites is 1. The van der Waals surface area contributed by atoms with Gasteiger partial charge in [0.15, 0.2) is 0 Å². The maximum absolute atomic E-state index is 13.9. The number of nitrogens with zero attached hydrogens (tertiary/aromatic N) is 2. The zero-order valence-electron chi connectivity index (χ0n) is 16.0. The number of rotatable bonds is 6. The van der Waals surface area contributed by atoms with E-state index in [1.165, 1.54) is 6.07 Å². The number of hydrogen-bond acceptors (Lipinski definition) is 4. The second kappa shape index (κ2) is 10.2. The summed E-state index contributed by atoms with van der Waals surface area (Å²) in [4.78, 5) is 28.1. The largest absolute Gasteiger partial charge is 0.367 e. The van der Waals surface area contributed by atoms with Crippen LogP contribution in [-0.4, -0.2) is 56.0 Å². The van der Waals surface area contributed by atoms with Gasteiger partial charge in [0.25, 0.3) is 0 Å². The van der Waals surface area contributed by atoms with Crippen molar-refractivity contribution in [2.75, 3.05) is 44.2 Å². The fourth-order valence-corrected chi connectivity index (χ4v) is 3.43. The quantitative estimate of drug-likeness (QED) is 0.705. The predicted molar refractivity (Wildman–Crippen MR) is 111 cm³/mol. The Morgan fingerprint density at radius 2 is 1.59 bits per heavy atom. The number of benzene rings is 2. The van der Waals surface area contributed by atoms with Gasteiger partial charge in [-0.25, -0.2) is 4.39 Å². The van der Waals surface area contributed by atoms with E-state index in [0.717, 1.165) is 18.7 Å². The molecule has 154 valence electrons. The molecule has 0 unspecified atom stereocenters. The lowest BCUT2D eigenvalue weighted by Crippen LogP contribution is -2.49. The molecule has 1 fully saturated rings. The van der Waals surface area contributed by atoms with E-state index in [-0.39, 0.29) is 12.4 Å². The van der Waals surface area contributed by atoms with E-state index in [4.69, 9.17) is 11.6 Å². The number of hydrogen-bond donors (Lipinski definition) is 2. The van der Waals surface area contributed by atoms with Crippen molar-refractivity contribution in [2.24, 2.45) is 0 Å². The smallest absolute Gasteiger partial charge is 0.309 e. The summed E-state index contributed by atoms with van der Waals surface area (Å²) in [5, 5.41) is 5.74. The molecule has 1 aliphatic rings. The average molecular weight is 419 g/mol. The van der Waals surface area contributed by atoms with Gasteiger partial charge in [-0.3, -0.25) is 14.5 Å². The van der Waals surface area contributed by atoms with Crippen LogP contribution in [-0.2, 0) is 16.1 Å². The Morgan fingerprint density at radius 1 is 0.931 bits per heavy atom. The molecule has 2 aromatic rings. The van der Waals surface area contributed by atoms with Gasteiger partial charge in [0.2, 0.25) is 0 Å². The lowest BCUT2D eigenvalue weighted by Gasteiger charge is -2.36. The Kier molecular flexibility index (Phi) is 7.43. The molecule has 1 saturated heterocycles. The first kappa shape index (κ1) is 21.1. The summed E-state index contributed by atoms with van der Waals surface area (Å²) in [6.45, 7) is 4.17. The molecule has 0 spiro atoms. The highest BCUT2D eigenvalue weighted by molar-refractivity contribution is 6.35. The van der Waals surface area contributed by atoms with Gasteiger partial charge in [0, 0.05) is 50.8 Å². The molecule has 1 aliphatic heterocycles.